The lowest BCUT2D eigenvalue weighted by atomic mass is 9.95. The number of hydrogen-bond donors (Lipinski definition) is 1. The van der Waals surface area contributed by atoms with E-state index in [1.54, 1.807) is 0 Å². The van der Waals surface area contributed by atoms with Gasteiger partial charge in [0.15, 0.2) is 0 Å². The molecule has 0 radical (unpaired) electrons. The fourth-order valence-electron chi connectivity index (χ4n) is 2.29. The molecule has 1 aliphatic heterocycles. The maximum atomic E-state index is 5.54. The molecule has 2 rings (SSSR count). The lowest BCUT2D eigenvalue weighted by Crippen LogP contribution is -2.21. The van der Waals surface area contributed by atoms with Crippen molar-refractivity contribution in [3.05, 3.63) is 24.0 Å². The van der Waals surface area contributed by atoms with Crippen LogP contribution in [0, 0.1) is 11.8 Å². The van der Waals surface area contributed by atoms with Crippen molar-refractivity contribution < 1.29 is 0 Å². The lowest BCUT2D eigenvalue weighted by Gasteiger charge is -2.19. The molecule has 3 nitrogen and oxygen atoms in total. The summed E-state index contributed by atoms with van der Waals surface area (Å²) in [6, 6.07) is 4.16. The van der Waals surface area contributed by atoms with Crippen LogP contribution in [0.25, 0.3) is 0 Å². The largest absolute Gasteiger partial charge is 0.370 e. The van der Waals surface area contributed by atoms with E-state index in [1.807, 2.05) is 12.3 Å². The van der Waals surface area contributed by atoms with E-state index in [-0.39, 0.29) is 0 Å². The first-order chi connectivity index (χ1) is 7.70. The third-order valence-electron chi connectivity index (χ3n) is 3.55. The highest BCUT2D eigenvalue weighted by Crippen LogP contribution is 2.27. The van der Waals surface area contributed by atoms with E-state index in [1.165, 1.54) is 18.7 Å². The number of hydrogen-bond acceptors (Lipinski definition) is 3. The number of nitrogens with two attached hydrogens (primary N) is 1. The van der Waals surface area contributed by atoms with Crippen molar-refractivity contribution in [3.8, 4) is 0 Å². The average molecular weight is 219 g/mol. The molecular formula is C13H21N3. The standard InChI is InChI=1S/C13H21N3/c1-10(2)11-5-6-16(9-11)13-4-3-12(7-14)15-8-13/h3-4,8,10-11H,5-7,9,14H2,1-2H3. The molecule has 0 saturated carbocycles. The van der Waals surface area contributed by atoms with Gasteiger partial charge in [-0.3, -0.25) is 4.98 Å². The van der Waals surface area contributed by atoms with Crippen LogP contribution in [-0.2, 0) is 6.54 Å². The fraction of sp³-hybridized carbons (Fsp3) is 0.615. The first-order valence-corrected chi connectivity index (χ1v) is 6.10. The van der Waals surface area contributed by atoms with E-state index in [2.05, 4.69) is 29.8 Å². The van der Waals surface area contributed by atoms with E-state index in [0.717, 1.165) is 24.1 Å². The third-order valence-corrected chi connectivity index (χ3v) is 3.55. The molecule has 88 valence electrons. The van der Waals surface area contributed by atoms with Crippen molar-refractivity contribution in [2.75, 3.05) is 18.0 Å². The number of rotatable bonds is 3. The zero-order chi connectivity index (χ0) is 11.5. The number of pyridine rings is 1. The summed E-state index contributed by atoms with van der Waals surface area (Å²) in [5.41, 5.74) is 7.74. The predicted molar refractivity (Wildman–Crippen MR) is 67.3 cm³/mol. The first-order valence-electron chi connectivity index (χ1n) is 6.10. The monoisotopic (exact) mass is 219 g/mol. The third kappa shape index (κ3) is 2.35. The molecule has 0 spiro atoms. The van der Waals surface area contributed by atoms with Gasteiger partial charge in [-0.25, -0.2) is 0 Å². The van der Waals surface area contributed by atoms with Crippen molar-refractivity contribution in [1.82, 2.24) is 4.98 Å². The van der Waals surface area contributed by atoms with Crippen LogP contribution in [0.5, 0.6) is 0 Å². The molecule has 1 aromatic rings. The molecule has 2 N–H and O–H groups in total. The van der Waals surface area contributed by atoms with Gasteiger partial charge in [-0.2, -0.15) is 0 Å². The van der Waals surface area contributed by atoms with Crippen LogP contribution in [0.15, 0.2) is 18.3 Å². The molecule has 16 heavy (non-hydrogen) atoms. The molecule has 0 aromatic carbocycles. The Balaban J connectivity index is 2.03. The summed E-state index contributed by atoms with van der Waals surface area (Å²) < 4.78 is 0. The Morgan fingerprint density at radius 3 is 2.81 bits per heavy atom. The second-order valence-corrected chi connectivity index (χ2v) is 4.95. The van der Waals surface area contributed by atoms with E-state index in [0.29, 0.717) is 6.54 Å². The normalized spacial score (nSPS) is 20.8. The van der Waals surface area contributed by atoms with Gasteiger partial charge in [0.25, 0.3) is 0 Å². The van der Waals surface area contributed by atoms with E-state index in [9.17, 15) is 0 Å². The minimum absolute atomic E-state index is 0.523. The van der Waals surface area contributed by atoms with Gasteiger partial charge in [0.1, 0.15) is 0 Å². The van der Waals surface area contributed by atoms with Crippen LogP contribution in [0.1, 0.15) is 26.0 Å². The lowest BCUT2D eigenvalue weighted by molar-refractivity contribution is 0.423. The molecule has 2 heterocycles. The van der Waals surface area contributed by atoms with E-state index < -0.39 is 0 Å². The van der Waals surface area contributed by atoms with Crippen LogP contribution < -0.4 is 10.6 Å². The van der Waals surface area contributed by atoms with Crippen molar-refractivity contribution in [3.63, 3.8) is 0 Å². The SMILES string of the molecule is CC(C)C1CCN(c2ccc(CN)nc2)C1. The van der Waals surface area contributed by atoms with Gasteiger partial charge in [-0.1, -0.05) is 13.8 Å². The summed E-state index contributed by atoms with van der Waals surface area (Å²) in [5, 5.41) is 0. The van der Waals surface area contributed by atoms with Crippen LogP contribution in [0.4, 0.5) is 5.69 Å². The molecule has 1 aliphatic rings. The molecule has 3 heteroatoms. The molecule has 1 aromatic heterocycles. The first kappa shape index (κ1) is 11.4. The second kappa shape index (κ2) is 4.83. The van der Waals surface area contributed by atoms with E-state index in [4.69, 9.17) is 5.73 Å². The fourth-order valence-corrected chi connectivity index (χ4v) is 2.29. The molecule has 1 unspecified atom stereocenters. The van der Waals surface area contributed by atoms with Crippen molar-refractivity contribution in [2.24, 2.45) is 17.6 Å². The zero-order valence-corrected chi connectivity index (χ0v) is 10.2. The van der Waals surface area contributed by atoms with E-state index >= 15 is 0 Å². The number of nitrogens with zero attached hydrogens (tertiary/aromatic N) is 2. The molecule has 1 saturated heterocycles. The zero-order valence-electron chi connectivity index (χ0n) is 10.2. The van der Waals surface area contributed by atoms with Gasteiger partial charge in [0, 0.05) is 19.6 Å². The molecule has 1 atom stereocenters. The van der Waals surface area contributed by atoms with Gasteiger partial charge < -0.3 is 10.6 Å². The Bertz CT molecular complexity index is 332. The summed E-state index contributed by atoms with van der Waals surface area (Å²) in [6.07, 6.45) is 3.25. The van der Waals surface area contributed by atoms with Gasteiger partial charge in [0.05, 0.1) is 17.6 Å². The van der Waals surface area contributed by atoms with Crippen LogP contribution in [-0.4, -0.2) is 18.1 Å². The van der Waals surface area contributed by atoms with Crippen LogP contribution in [0.2, 0.25) is 0 Å². The highest BCUT2D eigenvalue weighted by Gasteiger charge is 2.24. The molecule has 0 aliphatic carbocycles. The summed E-state index contributed by atoms with van der Waals surface area (Å²) in [4.78, 5) is 6.77. The summed E-state index contributed by atoms with van der Waals surface area (Å²) in [5.74, 6) is 1.61. The summed E-state index contributed by atoms with van der Waals surface area (Å²) in [6.45, 7) is 7.47. The van der Waals surface area contributed by atoms with Crippen molar-refractivity contribution in [2.45, 2.75) is 26.8 Å². The van der Waals surface area contributed by atoms with Gasteiger partial charge in [-0.05, 0) is 30.4 Å². The van der Waals surface area contributed by atoms with Crippen LogP contribution >= 0.6 is 0 Å². The van der Waals surface area contributed by atoms with Crippen molar-refractivity contribution >= 4 is 5.69 Å². The predicted octanol–water partition coefficient (Wildman–Crippen LogP) is 2.02. The minimum Gasteiger partial charge on any atom is -0.370 e. The molecule has 0 bridgehead atoms. The molecule has 0 amide bonds. The van der Waals surface area contributed by atoms with Gasteiger partial charge >= 0.3 is 0 Å². The Morgan fingerprint density at radius 1 is 1.50 bits per heavy atom. The van der Waals surface area contributed by atoms with Gasteiger partial charge in [-0.15, -0.1) is 0 Å². The second-order valence-electron chi connectivity index (χ2n) is 4.95. The summed E-state index contributed by atoms with van der Waals surface area (Å²) >= 11 is 0. The smallest absolute Gasteiger partial charge is 0.0553 e. The maximum Gasteiger partial charge on any atom is 0.0553 e. The molecule has 1 fully saturated rings. The van der Waals surface area contributed by atoms with Crippen molar-refractivity contribution in [1.29, 1.82) is 0 Å². The highest BCUT2D eigenvalue weighted by molar-refractivity contribution is 5.45. The van der Waals surface area contributed by atoms with Crippen LogP contribution in [0.3, 0.4) is 0 Å². The highest BCUT2D eigenvalue weighted by atomic mass is 15.2. The van der Waals surface area contributed by atoms with Gasteiger partial charge in [0.2, 0.25) is 0 Å². The maximum absolute atomic E-state index is 5.54. The summed E-state index contributed by atoms with van der Waals surface area (Å²) in [7, 11) is 0. The molecular weight excluding hydrogens is 198 g/mol. The topological polar surface area (TPSA) is 42.1 Å². The Labute approximate surface area is 97.7 Å². The Morgan fingerprint density at radius 2 is 2.31 bits per heavy atom. The average Bonchev–Trinajstić information content (AvgIpc) is 2.78. The number of anilines is 1. The minimum atomic E-state index is 0.523. The Hall–Kier alpha value is -1.09. The number of aromatic nitrogens is 1. The Kier molecular flexibility index (Phi) is 3.44. The quantitative estimate of drug-likeness (QED) is 0.845.